The summed E-state index contributed by atoms with van der Waals surface area (Å²) in [7, 11) is 0. The summed E-state index contributed by atoms with van der Waals surface area (Å²) in [5, 5.41) is 9.16. The molecule has 76 valence electrons. The van der Waals surface area contributed by atoms with Gasteiger partial charge in [0.2, 0.25) is 0 Å². The molecule has 2 heteroatoms. The molecule has 2 aromatic rings. The molecule has 0 atom stereocenters. The van der Waals surface area contributed by atoms with E-state index in [1.54, 1.807) is 12.1 Å². The molecule has 0 radical (unpaired) electrons. The largest absolute Gasteiger partial charge is 0.508 e. The number of phenols is 1. The van der Waals surface area contributed by atoms with Crippen molar-refractivity contribution in [3.63, 3.8) is 0 Å². The first-order chi connectivity index (χ1) is 7.25. The second-order valence-corrected chi connectivity index (χ2v) is 3.95. The monoisotopic (exact) mass is 216 g/mol. The highest BCUT2D eigenvalue weighted by Gasteiger charge is 1.99. The highest BCUT2D eigenvalue weighted by Crippen LogP contribution is 2.18. The van der Waals surface area contributed by atoms with Gasteiger partial charge < -0.3 is 5.11 Å². The van der Waals surface area contributed by atoms with E-state index in [9.17, 15) is 0 Å². The maximum Gasteiger partial charge on any atom is 0.115 e. The molecule has 0 aliphatic carbocycles. The lowest BCUT2D eigenvalue weighted by Crippen LogP contribution is -1.88. The maximum atomic E-state index is 9.16. The van der Waals surface area contributed by atoms with Gasteiger partial charge in [-0.1, -0.05) is 30.3 Å². The molecule has 0 fully saturated rings. The van der Waals surface area contributed by atoms with E-state index in [1.165, 1.54) is 11.1 Å². The van der Waals surface area contributed by atoms with Crippen LogP contribution in [0.2, 0.25) is 0 Å². The topological polar surface area (TPSA) is 20.2 Å². The van der Waals surface area contributed by atoms with Crippen LogP contribution in [0.25, 0.3) is 0 Å². The van der Waals surface area contributed by atoms with Gasteiger partial charge in [0.1, 0.15) is 5.75 Å². The van der Waals surface area contributed by atoms with Crippen molar-refractivity contribution in [3.8, 4) is 5.75 Å². The van der Waals surface area contributed by atoms with Crippen molar-refractivity contribution in [2.45, 2.75) is 11.3 Å². The second kappa shape index (κ2) is 4.41. The fraction of sp³-hybridized carbons (Fsp3) is 0.0769. The van der Waals surface area contributed by atoms with E-state index in [2.05, 4.69) is 18.7 Å². The molecule has 0 aromatic heterocycles. The first kappa shape index (κ1) is 10.1. The molecule has 0 amide bonds. The quantitative estimate of drug-likeness (QED) is 0.738. The summed E-state index contributed by atoms with van der Waals surface area (Å²) in [4.78, 5) is 1.01. The number of benzene rings is 2. The minimum atomic E-state index is 0.304. The number of rotatable bonds is 2. The third-order valence-corrected chi connectivity index (χ3v) is 2.76. The summed E-state index contributed by atoms with van der Waals surface area (Å²) < 4.78 is 0. The Labute approximate surface area is 94.8 Å². The maximum absolute atomic E-state index is 9.16. The SMILES string of the molecule is Oc1ccc(Cc2ccccc2S)cc1. The van der Waals surface area contributed by atoms with E-state index < -0.39 is 0 Å². The average molecular weight is 216 g/mol. The van der Waals surface area contributed by atoms with Gasteiger partial charge in [0.15, 0.2) is 0 Å². The van der Waals surface area contributed by atoms with Gasteiger partial charge in [-0.3, -0.25) is 0 Å². The van der Waals surface area contributed by atoms with Crippen LogP contribution in [0, 0.1) is 0 Å². The zero-order valence-corrected chi connectivity index (χ0v) is 9.11. The fourth-order valence-electron chi connectivity index (χ4n) is 1.49. The van der Waals surface area contributed by atoms with Crippen molar-refractivity contribution < 1.29 is 5.11 Å². The number of aromatic hydroxyl groups is 1. The van der Waals surface area contributed by atoms with Gasteiger partial charge in [0.25, 0.3) is 0 Å². The molecule has 0 saturated carbocycles. The summed E-state index contributed by atoms with van der Waals surface area (Å²) in [5.41, 5.74) is 2.38. The van der Waals surface area contributed by atoms with Gasteiger partial charge in [0, 0.05) is 4.90 Å². The van der Waals surface area contributed by atoms with Gasteiger partial charge in [-0.15, -0.1) is 12.6 Å². The van der Waals surface area contributed by atoms with Crippen molar-refractivity contribution in [1.29, 1.82) is 0 Å². The van der Waals surface area contributed by atoms with Crippen LogP contribution >= 0.6 is 12.6 Å². The first-order valence-electron chi connectivity index (χ1n) is 4.80. The summed E-state index contributed by atoms with van der Waals surface area (Å²) in [6, 6.07) is 15.3. The first-order valence-corrected chi connectivity index (χ1v) is 5.25. The van der Waals surface area contributed by atoms with Crippen molar-refractivity contribution in [2.75, 3.05) is 0 Å². The number of thiol groups is 1. The Balaban J connectivity index is 2.22. The van der Waals surface area contributed by atoms with Crippen LogP contribution in [-0.4, -0.2) is 5.11 Å². The van der Waals surface area contributed by atoms with Crippen LogP contribution in [0.1, 0.15) is 11.1 Å². The average Bonchev–Trinajstić information content (AvgIpc) is 2.25. The lowest BCUT2D eigenvalue weighted by atomic mass is 10.1. The Bertz CT molecular complexity index is 448. The van der Waals surface area contributed by atoms with Crippen LogP contribution in [-0.2, 0) is 6.42 Å². The van der Waals surface area contributed by atoms with Crippen molar-refractivity contribution in [2.24, 2.45) is 0 Å². The fourth-order valence-corrected chi connectivity index (χ4v) is 1.73. The minimum absolute atomic E-state index is 0.304. The summed E-state index contributed by atoms with van der Waals surface area (Å²) in [6.45, 7) is 0. The van der Waals surface area contributed by atoms with E-state index in [-0.39, 0.29) is 0 Å². The van der Waals surface area contributed by atoms with Crippen LogP contribution in [0.5, 0.6) is 5.75 Å². The van der Waals surface area contributed by atoms with E-state index in [1.807, 2.05) is 30.3 Å². The van der Waals surface area contributed by atoms with Gasteiger partial charge in [-0.05, 0) is 35.7 Å². The molecule has 0 aliphatic rings. The zero-order chi connectivity index (χ0) is 10.7. The molecule has 1 N–H and O–H groups in total. The molecule has 0 spiro atoms. The predicted octanol–water partition coefficient (Wildman–Crippen LogP) is 3.27. The Kier molecular flexibility index (Phi) is 2.97. The van der Waals surface area contributed by atoms with Gasteiger partial charge in [-0.25, -0.2) is 0 Å². The number of hydrogen-bond acceptors (Lipinski definition) is 2. The Morgan fingerprint density at radius 1 is 0.933 bits per heavy atom. The normalized spacial score (nSPS) is 10.2. The summed E-state index contributed by atoms with van der Waals surface area (Å²) in [6.07, 6.45) is 0.847. The molecule has 0 unspecified atom stereocenters. The Morgan fingerprint density at radius 2 is 1.60 bits per heavy atom. The van der Waals surface area contributed by atoms with Gasteiger partial charge in [-0.2, -0.15) is 0 Å². The van der Waals surface area contributed by atoms with Gasteiger partial charge in [0.05, 0.1) is 0 Å². The molecular weight excluding hydrogens is 204 g/mol. The van der Waals surface area contributed by atoms with E-state index >= 15 is 0 Å². The number of hydrogen-bond donors (Lipinski definition) is 2. The van der Waals surface area contributed by atoms with Crippen molar-refractivity contribution in [3.05, 3.63) is 59.7 Å². The third-order valence-electron chi connectivity index (χ3n) is 2.32. The number of phenolic OH excluding ortho intramolecular Hbond substituents is 1. The Hall–Kier alpha value is -1.41. The predicted molar refractivity (Wildman–Crippen MR) is 64.6 cm³/mol. The van der Waals surface area contributed by atoms with Crippen molar-refractivity contribution >= 4 is 12.6 Å². The lowest BCUT2D eigenvalue weighted by molar-refractivity contribution is 0.475. The molecule has 0 saturated heterocycles. The smallest absolute Gasteiger partial charge is 0.115 e. The van der Waals surface area contributed by atoms with Crippen LogP contribution in [0.3, 0.4) is 0 Å². The van der Waals surface area contributed by atoms with E-state index in [0.29, 0.717) is 5.75 Å². The van der Waals surface area contributed by atoms with Crippen LogP contribution in [0.15, 0.2) is 53.4 Å². The molecule has 0 heterocycles. The Morgan fingerprint density at radius 3 is 2.27 bits per heavy atom. The molecule has 15 heavy (non-hydrogen) atoms. The highest BCUT2D eigenvalue weighted by molar-refractivity contribution is 7.80. The minimum Gasteiger partial charge on any atom is -0.508 e. The second-order valence-electron chi connectivity index (χ2n) is 3.47. The van der Waals surface area contributed by atoms with Crippen LogP contribution in [0.4, 0.5) is 0 Å². The van der Waals surface area contributed by atoms with Gasteiger partial charge >= 0.3 is 0 Å². The highest BCUT2D eigenvalue weighted by atomic mass is 32.1. The molecule has 0 aliphatic heterocycles. The van der Waals surface area contributed by atoms with E-state index in [0.717, 1.165) is 11.3 Å². The third kappa shape index (κ3) is 2.54. The summed E-state index contributed by atoms with van der Waals surface area (Å²) in [5.74, 6) is 0.304. The zero-order valence-electron chi connectivity index (χ0n) is 8.22. The molecule has 1 nitrogen and oxygen atoms in total. The molecular formula is C13H12OS. The lowest BCUT2D eigenvalue weighted by Gasteiger charge is -2.04. The molecule has 2 rings (SSSR count). The standard InChI is InChI=1S/C13H12OS/c14-12-7-5-10(6-8-12)9-11-3-1-2-4-13(11)15/h1-8,14-15H,9H2. The van der Waals surface area contributed by atoms with Crippen LogP contribution < -0.4 is 0 Å². The molecule has 2 aromatic carbocycles. The van der Waals surface area contributed by atoms with Crippen molar-refractivity contribution in [1.82, 2.24) is 0 Å². The van der Waals surface area contributed by atoms with E-state index in [4.69, 9.17) is 5.11 Å². The summed E-state index contributed by atoms with van der Waals surface area (Å²) >= 11 is 4.40. The molecule has 0 bridgehead atoms.